The predicted octanol–water partition coefficient (Wildman–Crippen LogP) is 4.68. The van der Waals surface area contributed by atoms with Crippen LogP contribution in [0.15, 0.2) is 18.2 Å². The molecule has 2 bridgehead atoms. The van der Waals surface area contributed by atoms with Gasteiger partial charge >= 0.3 is 0 Å². The van der Waals surface area contributed by atoms with Gasteiger partial charge in [-0.2, -0.15) is 0 Å². The number of aliphatic hydroxyl groups excluding tert-OH is 1. The summed E-state index contributed by atoms with van der Waals surface area (Å²) in [6, 6.07) is 6.76. The van der Waals surface area contributed by atoms with E-state index in [2.05, 4.69) is 32.0 Å². The van der Waals surface area contributed by atoms with Gasteiger partial charge in [0.25, 0.3) is 0 Å². The molecule has 0 aromatic heterocycles. The Morgan fingerprint density at radius 2 is 1.90 bits per heavy atom. The maximum absolute atomic E-state index is 10.6. The lowest BCUT2D eigenvalue weighted by molar-refractivity contribution is -0.272. The van der Waals surface area contributed by atoms with Crippen LogP contribution in [-0.2, 0) is 15.9 Å². The van der Waals surface area contributed by atoms with Gasteiger partial charge in [-0.15, -0.1) is 0 Å². The molecule has 3 saturated carbocycles. The molecule has 1 aliphatic heterocycles. The summed E-state index contributed by atoms with van der Waals surface area (Å²) < 4.78 is 18.2. The number of benzene rings is 1. The van der Waals surface area contributed by atoms with E-state index in [-0.39, 0.29) is 23.4 Å². The van der Waals surface area contributed by atoms with Crippen LogP contribution < -0.4 is 4.74 Å². The Labute approximate surface area is 180 Å². The van der Waals surface area contributed by atoms with Gasteiger partial charge in [0.15, 0.2) is 5.79 Å². The van der Waals surface area contributed by atoms with E-state index in [9.17, 15) is 5.11 Å². The zero-order valence-electron chi connectivity index (χ0n) is 18.7. The maximum atomic E-state index is 10.6. The van der Waals surface area contributed by atoms with E-state index in [0.717, 1.165) is 25.0 Å². The fraction of sp³-hybridized carbons (Fsp3) is 0.769. The lowest BCUT2D eigenvalue weighted by Crippen LogP contribution is -2.58. The highest BCUT2D eigenvalue weighted by Gasteiger charge is 2.81. The SMILES string of the molecule is COc1ccc2c(c1)CC[C@@H]1[C@@H]2CC[C@@]2(C)C13CC[C@]2(C1(C)OCCO1)[C@H](CO)C3. The van der Waals surface area contributed by atoms with Gasteiger partial charge in [0, 0.05) is 12.0 Å². The highest BCUT2D eigenvalue weighted by Crippen LogP contribution is 2.84. The normalized spacial score (nSPS) is 45.7. The first-order valence-electron chi connectivity index (χ1n) is 12.0. The average Bonchev–Trinajstić information content (AvgIpc) is 3.40. The van der Waals surface area contributed by atoms with E-state index >= 15 is 0 Å². The van der Waals surface area contributed by atoms with E-state index in [1.165, 1.54) is 31.2 Å². The summed E-state index contributed by atoms with van der Waals surface area (Å²) in [4.78, 5) is 0. The molecule has 1 aromatic rings. The minimum Gasteiger partial charge on any atom is -0.497 e. The van der Waals surface area contributed by atoms with E-state index in [1.54, 1.807) is 12.7 Å². The summed E-state index contributed by atoms with van der Waals surface area (Å²) in [5.41, 5.74) is 3.44. The topological polar surface area (TPSA) is 47.9 Å². The van der Waals surface area contributed by atoms with Crippen molar-refractivity contribution in [3.05, 3.63) is 29.3 Å². The van der Waals surface area contributed by atoms with Crippen molar-refractivity contribution in [2.45, 2.75) is 70.5 Å². The summed E-state index contributed by atoms with van der Waals surface area (Å²) in [5.74, 6) is 2.03. The van der Waals surface area contributed by atoms with Crippen molar-refractivity contribution in [3.8, 4) is 5.75 Å². The van der Waals surface area contributed by atoms with E-state index < -0.39 is 5.79 Å². The molecular formula is C26H36O4. The number of methoxy groups -OCH3 is 1. The Balaban J connectivity index is 1.45. The van der Waals surface area contributed by atoms with Crippen molar-refractivity contribution in [1.29, 1.82) is 0 Å². The van der Waals surface area contributed by atoms with Crippen LogP contribution in [0, 0.1) is 28.1 Å². The van der Waals surface area contributed by atoms with Gasteiger partial charge < -0.3 is 19.3 Å². The second-order valence-corrected chi connectivity index (χ2v) is 11.0. The fourth-order valence-electron chi connectivity index (χ4n) is 9.80. The molecule has 164 valence electrons. The zero-order valence-corrected chi connectivity index (χ0v) is 18.7. The molecule has 30 heavy (non-hydrogen) atoms. The number of hydrogen-bond donors (Lipinski definition) is 1. The van der Waals surface area contributed by atoms with Crippen molar-refractivity contribution >= 4 is 0 Å². The second-order valence-electron chi connectivity index (χ2n) is 11.0. The van der Waals surface area contributed by atoms with Crippen molar-refractivity contribution in [1.82, 2.24) is 0 Å². The molecule has 1 aromatic carbocycles. The van der Waals surface area contributed by atoms with Crippen LogP contribution in [0.4, 0.5) is 0 Å². The highest BCUT2D eigenvalue weighted by molar-refractivity contribution is 5.42. The van der Waals surface area contributed by atoms with Crippen LogP contribution in [0.5, 0.6) is 5.75 Å². The monoisotopic (exact) mass is 412 g/mol. The molecule has 0 amide bonds. The summed E-state index contributed by atoms with van der Waals surface area (Å²) in [6.45, 7) is 6.35. The Morgan fingerprint density at radius 1 is 1.10 bits per heavy atom. The third-order valence-electron chi connectivity index (χ3n) is 10.9. The number of aryl methyl sites for hydroxylation is 1. The second kappa shape index (κ2) is 6.24. The van der Waals surface area contributed by atoms with Crippen molar-refractivity contribution in [2.75, 3.05) is 26.9 Å². The average molecular weight is 413 g/mol. The summed E-state index contributed by atoms with van der Waals surface area (Å²) in [6.07, 6.45) is 8.37. The molecule has 1 saturated heterocycles. The van der Waals surface area contributed by atoms with E-state index in [0.29, 0.717) is 30.5 Å². The Morgan fingerprint density at radius 3 is 2.63 bits per heavy atom. The van der Waals surface area contributed by atoms with Gasteiger partial charge in [0.05, 0.1) is 20.3 Å². The molecule has 4 heteroatoms. The van der Waals surface area contributed by atoms with Crippen molar-refractivity contribution < 1.29 is 19.3 Å². The molecule has 4 fully saturated rings. The lowest BCUT2D eigenvalue weighted by atomic mass is 9.46. The lowest BCUT2D eigenvalue weighted by Gasteiger charge is -2.59. The highest BCUT2D eigenvalue weighted by atomic mass is 16.7. The van der Waals surface area contributed by atoms with Gasteiger partial charge in [0.1, 0.15) is 5.75 Å². The van der Waals surface area contributed by atoms with Gasteiger partial charge in [0.2, 0.25) is 0 Å². The molecule has 1 heterocycles. The molecule has 0 radical (unpaired) electrons. The molecule has 6 atom stereocenters. The largest absolute Gasteiger partial charge is 0.497 e. The fourth-order valence-corrected chi connectivity index (χ4v) is 9.80. The molecule has 1 N–H and O–H groups in total. The van der Waals surface area contributed by atoms with Crippen LogP contribution in [0.1, 0.15) is 69.4 Å². The Hall–Kier alpha value is -1.10. The molecule has 5 aliphatic rings. The quantitative estimate of drug-likeness (QED) is 0.783. The molecular weight excluding hydrogens is 376 g/mol. The minimum absolute atomic E-state index is 0.0730. The number of rotatable bonds is 3. The molecule has 4 nitrogen and oxygen atoms in total. The molecule has 1 unspecified atom stereocenters. The van der Waals surface area contributed by atoms with Crippen LogP contribution in [0.25, 0.3) is 0 Å². The smallest absolute Gasteiger partial charge is 0.172 e. The summed E-state index contributed by atoms with van der Waals surface area (Å²) in [7, 11) is 1.76. The Kier molecular flexibility index (Phi) is 4.07. The first kappa shape index (κ1) is 19.6. The number of hydrogen-bond acceptors (Lipinski definition) is 4. The maximum Gasteiger partial charge on any atom is 0.172 e. The number of aliphatic hydroxyl groups is 1. The van der Waals surface area contributed by atoms with Crippen molar-refractivity contribution in [3.63, 3.8) is 0 Å². The van der Waals surface area contributed by atoms with E-state index in [1.807, 2.05) is 0 Å². The number of fused-ring (bicyclic) bond motifs is 3. The molecule has 4 aliphatic carbocycles. The predicted molar refractivity (Wildman–Crippen MR) is 114 cm³/mol. The van der Waals surface area contributed by atoms with Crippen molar-refractivity contribution in [2.24, 2.45) is 28.1 Å². The summed E-state index contributed by atoms with van der Waals surface area (Å²) in [5, 5.41) is 10.6. The van der Waals surface area contributed by atoms with Gasteiger partial charge in [-0.3, -0.25) is 0 Å². The zero-order chi connectivity index (χ0) is 20.8. The third kappa shape index (κ3) is 2.00. The number of ether oxygens (including phenoxy) is 3. The Bertz CT molecular complexity index is 861. The van der Waals surface area contributed by atoms with Crippen LogP contribution in [0.2, 0.25) is 0 Å². The van der Waals surface area contributed by atoms with Crippen LogP contribution in [-0.4, -0.2) is 37.8 Å². The minimum atomic E-state index is -0.555. The van der Waals surface area contributed by atoms with Gasteiger partial charge in [-0.1, -0.05) is 13.0 Å². The molecule has 0 spiro atoms. The summed E-state index contributed by atoms with van der Waals surface area (Å²) >= 11 is 0. The van der Waals surface area contributed by atoms with Gasteiger partial charge in [-0.25, -0.2) is 0 Å². The molecule has 6 rings (SSSR count). The van der Waals surface area contributed by atoms with E-state index in [4.69, 9.17) is 14.2 Å². The third-order valence-corrected chi connectivity index (χ3v) is 10.9. The van der Waals surface area contributed by atoms with Gasteiger partial charge in [-0.05, 0) is 104 Å². The van der Waals surface area contributed by atoms with Crippen LogP contribution in [0.3, 0.4) is 0 Å². The first-order valence-corrected chi connectivity index (χ1v) is 12.0. The van der Waals surface area contributed by atoms with Crippen LogP contribution >= 0.6 is 0 Å². The standard InChI is InChI=1S/C26H36O4/c1-23-9-8-21-20-6-5-19(28-3)14-17(20)4-7-22(21)25(23)10-11-26(23,18(15-25)16-27)24(2)29-12-13-30-24/h5-6,14,18,21-22,27H,4,7-13,15-16H2,1-3H3/t18-,21+,22+,23-,25?,26-/m0/s1. The first-order chi connectivity index (χ1) is 14.4.